The number of nitrogens with zero attached hydrogens (tertiary/aromatic N) is 1. The zero-order chi connectivity index (χ0) is 16.5. The molecule has 1 aromatic carbocycles. The van der Waals surface area contributed by atoms with Crippen LogP contribution in [0.2, 0.25) is 0 Å². The van der Waals surface area contributed by atoms with Gasteiger partial charge in [0.1, 0.15) is 5.75 Å². The van der Waals surface area contributed by atoms with Crippen LogP contribution in [0.15, 0.2) is 30.5 Å². The van der Waals surface area contributed by atoms with Gasteiger partial charge < -0.3 is 24.2 Å². The second-order valence-corrected chi connectivity index (χ2v) is 6.59. The lowest BCUT2D eigenvalue weighted by Gasteiger charge is -2.18. The average Bonchev–Trinajstić information content (AvgIpc) is 3.29. The molecule has 128 valence electrons. The molecule has 6 nitrogen and oxygen atoms in total. The smallest absolute Gasteiger partial charge is 0.168 e. The van der Waals surface area contributed by atoms with Gasteiger partial charge >= 0.3 is 0 Å². The van der Waals surface area contributed by atoms with Gasteiger partial charge in [-0.3, -0.25) is 0 Å². The quantitative estimate of drug-likeness (QED) is 0.724. The fourth-order valence-corrected chi connectivity index (χ4v) is 3.64. The summed E-state index contributed by atoms with van der Waals surface area (Å²) in [4.78, 5) is 0. The van der Waals surface area contributed by atoms with Gasteiger partial charge in [0, 0.05) is 31.6 Å². The molecule has 2 atom stereocenters. The molecule has 2 aromatic rings. The fraction of sp³-hybridized carbons (Fsp3) is 0.412. The topological polar surface area (TPSA) is 59.5 Å². The predicted molar refractivity (Wildman–Crippen MR) is 96.9 cm³/mol. The summed E-state index contributed by atoms with van der Waals surface area (Å²) >= 11 is 1.35. The van der Waals surface area contributed by atoms with Gasteiger partial charge in [0.15, 0.2) is 6.23 Å². The number of nitrogens with one attached hydrogen (secondary N) is 3. The van der Waals surface area contributed by atoms with Gasteiger partial charge in [0.25, 0.3) is 0 Å². The molecule has 0 spiro atoms. The molecule has 2 aliphatic heterocycles. The van der Waals surface area contributed by atoms with E-state index in [4.69, 9.17) is 8.92 Å². The predicted octanol–water partition coefficient (Wildman–Crippen LogP) is 2.66. The van der Waals surface area contributed by atoms with Crippen LogP contribution in [0, 0.1) is 0 Å². The van der Waals surface area contributed by atoms with Crippen molar-refractivity contribution in [1.29, 1.82) is 0 Å². The maximum Gasteiger partial charge on any atom is 0.168 e. The number of ether oxygens (including phenoxy) is 1. The highest BCUT2D eigenvalue weighted by molar-refractivity contribution is 7.94. The number of aromatic nitrogens is 1. The van der Waals surface area contributed by atoms with Crippen molar-refractivity contribution in [3.8, 4) is 16.9 Å². The summed E-state index contributed by atoms with van der Waals surface area (Å²) in [5.74, 6) is 0.861. The molecular formula is C17H22N4O2S. The Kier molecular flexibility index (Phi) is 4.41. The van der Waals surface area contributed by atoms with E-state index >= 15 is 0 Å². The standard InChI is InChI=1S/C17H22N4O2S/c1-21-10-14(11-3-5-12(6-4-11)23-24-2)15-16(21)17(20-19-15)22-13-7-8-18-9-13/h3-6,10,13,17-20H,7-9H2,1-2H3. The Bertz CT molecular complexity index is 710. The Hall–Kier alpha value is -1.67. The second kappa shape index (κ2) is 6.68. The number of anilines is 1. The van der Waals surface area contributed by atoms with E-state index in [1.807, 2.05) is 18.4 Å². The molecule has 1 aromatic heterocycles. The minimum atomic E-state index is -0.122. The van der Waals surface area contributed by atoms with Gasteiger partial charge in [-0.05, 0) is 30.7 Å². The molecule has 1 fully saturated rings. The summed E-state index contributed by atoms with van der Waals surface area (Å²) in [5, 5.41) is 3.34. The first-order valence-corrected chi connectivity index (χ1v) is 9.29. The summed E-state index contributed by atoms with van der Waals surface area (Å²) in [5.41, 5.74) is 11.1. The maximum atomic E-state index is 6.20. The Morgan fingerprint density at radius 1 is 1.25 bits per heavy atom. The molecule has 2 unspecified atom stereocenters. The fourth-order valence-electron chi connectivity index (χ4n) is 3.34. The number of hydrogen-bond donors (Lipinski definition) is 3. The van der Waals surface area contributed by atoms with Crippen LogP contribution in [0.3, 0.4) is 0 Å². The van der Waals surface area contributed by atoms with Crippen LogP contribution in [0.25, 0.3) is 11.1 Å². The average molecular weight is 346 g/mol. The molecule has 24 heavy (non-hydrogen) atoms. The van der Waals surface area contributed by atoms with Crippen molar-refractivity contribution in [3.05, 3.63) is 36.2 Å². The van der Waals surface area contributed by atoms with Crippen molar-refractivity contribution in [2.45, 2.75) is 18.8 Å². The first-order chi connectivity index (χ1) is 11.8. The molecule has 0 radical (unpaired) electrons. The highest BCUT2D eigenvalue weighted by atomic mass is 32.2. The summed E-state index contributed by atoms with van der Waals surface area (Å²) in [7, 11) is 2.06. The number of hydrogen-bond acceptors (Lipinski definition) is 6. The Morgan fingerprint density at radius 3 is 2.79 bits per heavy atom. The molecule has 0 saturated carbocycles. The lowest BCUT2D eigenvalue weighted by Crippen LogP contribution is -2.28. The van der Waals surface area contributed by atoms with Gasteiger partial charge in [-0.2, -0.15) is 0 Å². The van der Waals surface area contributed by atoms with Crippen LogP contribution in [0.1, 0.15) is 18.3 Å². The van der Waals surface area contributed by atoms with E-state index in [1.54, 1.807) is 0 Å². The normalized spacial score (nSPS) is 22.4. The summed E-state index contributed by atoms with van der Waals surface area (Å²) in [6, 6.07) is 8.15. The van der Waals surface area contributed by atoms with Crippen LogP contribution < -0.4 is 20.4 Å². The number of benzene rings is 1. The summed E-state index contributed by atoms with van der Waals surface area (Å²) in [6.45, 7) is 1.95. The molecule has 7 heteroatoms. The van der Waals surface area contributed by atoms with Crippen LogP contribution in [0.5, 0.6) is 5.75 Å². The van der Waals surface area contributed by atoms with Gasteiger partial charge in [0.05, 0.1) is 29.5 Å². The molecule has 4 rings (SSSR count). The molecular weight excluding hydrogens is 324 g/mol. The SMILES string of the molecule is CSOc1ccc(-c2cn(C)c3c2NNC3OC2CCNC2)cc1. The summed E-state index contributed by atoms with van der Waals surface area (Å²) < 4.78 is 13.8. The lowest BCUT2D eigenvalue weighted by atomic mass is 10.1. The second-order valence-electron chi connectivity index (χ2n) is 6.09. The summed E-state index contributed by atoms with van der Waals surface area (Å²) in [6.07, 6.45) is 5.25. The number of rotatable bonds is 5. The van der Waals surface area contributed by atoms with Gasteiger partial charge in [0.2, 0.25) is 0 Å². The zero-order valence-corrected chi connectivity index (χ0v) is 14.7. The van der Waals surface area contributed by atoms with Crippen molar-refractivity contribution in [1.82, 2.24) is 15.3 Å². The van der Waals surface area contributed by atoms with E-state index in [2.05, 4.69) is 46.1 Å². The Labute approximate surface area is 146 Å². The van der Waals surface area contributed by atoms with Gasteiger partial charge in [-0.25, -0.2) is 5.43 Å². The minimum Gasteiger partial charge on any atom is -0.426 e. The van der Waals surface area contributed by atoms with E-state index in [1.165, 1.54) is 12.0 Å². The number of fused-ring (bicyclic) bond motifs is 1. The van der Waals surface area contributed by atoms with E-state index in [9.17, 15) is 0 Å². The third-order valence-electron chi connectivity index (χ3n) is 4.49. The van der Waals surface area contributed by atoms with Crippen LogP contribution in [-0.2, 0) is 11.8 Å². The van der Waals surface area contributed by atoms with Crippen molar-refractivity contribution in [3.63, 3.8) is 0 Å². The monoisotopic (exact) mass is 346 g/mol. The highest BCUT2D eigenvalue weighted by Gasteiger charge is 2.32. The van der Waals surface area contributed by atoms with E-state index in [0.717, 1.165) is 47.8 Å². The van der Waals surface area contributed by atoms with E-state index in [0.29, 0.717) is 0 Å². The van der Waals surface area contributed by atoms with E-state index in [-0.39, 0.29) is 12.3 Å². The number of hydrazine groups is 1. The molecule has 0 aliphatic carbocycles. The molecule has 1 saturated heterocycles. The Balaban J connectivity index is 1.59. The van der Waals surface area contributed by atoms with Crippen molar-refractivity contribution in [2.24, 2.45) is 7.05 Å². The van der Waals surface area contributed by atoms with Crippen molar-refractivity contribution < 1.29 is 8.92 Å². The van der Waals surface area contributed by atoms with Gasteiger partial charge in [-0.1, -0.05) is 12.1 Å². The lowest BCUT2D eigenvalue weighted by molar-refractivity contribution is -0.0164. The minimum absolute atomic E-state index is 0.122. The largest absolute Gasteiger partial charge is 0.426 e. The highest BCUT2D eigenvalue weighted by Crippen LogP contribution is 2.40. The van der Waals surface area contributed by atoms with Crippen molar-refractivity contribution in [2.75, 3.05) is 24.8 Å². The third-order valence-corrected chi connectivity index (χ3v) is 4.85. The third kappa shape index (κ3) is 2.88. The maximum absolute atomic E-state index is 6.20. The number of aryl methyl sites for hydroxylation is 1. The van der Waals surface area contributed by atoms with E-state index < -0.39 is 0 Å². The molecule has 3 heterocycles. The molecule has 0 amide bonds. The Morgan fingerprint density at radius 2 is 2.08 bits per heavy atom. The first kappa shape index (κ1) is 15.8. The van der Waals surface area contributed by atoms with Crippen LogP contribution >= 0.6 is 12.0 Å². The van der Waals surface area contributed by atoms with Crippen LogP contribution in [0.4, 0.5) is 5.69 Å². The molecule has 2 aliphatic rings. The van der Waals surface area contributed by atoms with Crippen molar-refractivity contribution >= 4 is 17.7 Å². The van der Waals surface area contributed by atoms with Crippen LogP contribution in [-0.4, -0.2) is 30.0 Å². The molecule has 3 N–H and O–H groups in total. The zero-order valence-electron chi connectivity index (χ0n) is 13.8. The first-order valence-electron chi connectivity index (χ1n) is 8.14. The molecule has 0 bridgehead atoms. The van der Waals surface area contributed by atoms with Gasteiger partial charge in [-0.15, -0.1) is 0 Å².